The summed E-state index contributed by atoms with van der Waals surface area (Å²) < 4.78 is 11.0. The molecular weight excluding hydrogens is 266 g/mol. The van der Waals surface area contributed by atoms with Crippen molar-refractivity contribution in [2.24, 2.45) is 5.92 Å². The number of carbonyl (C=O) groups is 1. The third-order valence-corrected chi connectivity index (χ3v) is 3.92. The summed E-state index contributed by atoms with van der Waals surface area (Å²) in [6.45, 7) is 6.37. The van der Waals surface area contributed by atoms with Crippen LogP contribution in [0.4, 0.5) is 0 Å². The summed E-state index contributed by atoms with van der Waals surface area (Å²) >= 11 is 0. The highest BCUT2D eigenvalue weighted by Crippen LogP contribution is 2.41. The molecule has 0 amide bonds. The van der Waals surface area contributed by atoms with Gasteiger partial charge in [0.25, 0.3) is 0 Å². The molecule has 21 heavy (non-hydrogen) atoms. The van der Waals surface area contributed by atoms with Gasteiger partial charge in [0.05, 0.1) is 7.11 Å². The third-order valence-electron chi connectivity index (χ3n) is 3.92. The Morgan fingerprint density at radius 3 is 2.57 bits per heavy atom. The lowest BCUT2D eigenvalue weighted by atomic mass is 9.93. The molecule has 1 fully saturated rings. The number of para-hydroxylation sites is 1. The van der Waals surface area contributed by atoms with Gasteiger partial charge in [-0.2, -0.15) is 0 Å². The van der Waals surface area contributed by atoms with Gasteiger partial charge < -0.3 is 9.47 Å². The summed E-state index contributed by atoms with van der Waals surface area (Å²) in [6.07, 6.45) is 2.07. The van der Waals surface area contributed by atoms with Crippen LogP contribution in [-0.4, -0.2) is 31.3 Å². The number of rotatable bonds is 7. The Kier molecular flexibility index (Phi) is 4.88. The fraction of sp³-hybridized carbons (Fsp3) is 0.588. The Hall–Kier alpha value is -1.55. The van der Waals surface area contributed by atoms with E-state index in [0.29, 0.717) is 6.61 Å². The number of esters is 1. The summed E-state index contributed by atoms with van der Waals surface area (Å²) in [6, 6.07) is 8.03. The molecule has 0 aromatic heterocycles. The molecule has 0 heterocycles. The maximum atomic E-state index is 12.4. The van der Waals surface area contributed by atoms with E-state index in [1.807, 2.05) is 45.0 Å². The Morgan fingerprint density at radius 2 is 2.05 bits per heavy atom. The van der Waals surface area contributed by atoms with E-state index in [9.17, 15) is 4.79 Å². The molecule has 0 spiro atoms. The van der Waals surface area contributed by atoms with Crippen LogP contribution in [0, 0.1) is 12.8 Å². The van der Waals surface area contributed by atoms with Crippen molar-refractivity contribution < 1.29 is 14.3 Å². The fourth-order valence-corrected chi connectivity index (χ4v) is 2.75. The number of methoxy groups -OCH3 is 1. The molecule has 0 aliphatic heterocycles. The monoisotopic (exact) mass is 291 g/mol. The summed E-state index contributed by atoms with van der Waals surface area (Å²) in [5, 5.41) is 3.40. The van der Waals surface area contributed by atoms with Crippen LogP contribution in [0.1, 0.15) is 32.3 Å². The van der Waals surface area contributed by atoms with E-state index in [4.69, 9.17) is 9.47 Å². The zero-order valence-electron chi connectivity index (χ0n) is 13.3. The summed E-state index contributed by atoms with van der Waals surface area (Å²) in [5.41, 5.74) is 0.321. The van der Waals surface area contributed by atoms with E-state index in [0.717, 1.165) is 24.2 Å². The zero-order chi connectivity index (χ0) is 15.5. The van der Waals surface area contributed by atoms with Gasteiger partial charge in [0.1, 0.15) is 12.4 Å². The largest absolute Gasteiger partial charge is 0.491 e. The molecule has 4 heteroatoms. The highest BCUT2D eigenvalue weighted by Gasteiger charge is 2.53. The molecule has 1 aromatic rings. The topological polar surface area (TPSA) is 47.6 Å². The molecule has 0 radical (unpaired) electrons. The van der Waals surface area contributed by atoms with E-state index in [-0.39, 0.29) is 17.9 Å². The van der Waals surface area contributed by atoms with Gasteiger partial charge in [0, 0.05) is 6.04 Å². The normalized spacial score (nSPS) is 17.4. The average molecular weight is 291 g/mol. The van der Waals surface area contributed by atoms with E-state index in [1.165, 1.54) is 7.11 Å². The summed E-state index contributed by atoms with van der Waals surface area (Å²) in [4.78, 5) is 12.4. The van der Waals surface area contributed by atoms with Crippen LogP contribution in [0.5, 0.6) is 5.75 Å². The van der Waals surface area contributed by atoms with Gasteiger partial charge in [-0.1, -0.05) is 18.2 Å². The van der Waals surface area contributed by atoms with Gasteiger partial charge in [-0.15, -0.1) is 0 Å². The fourth-order valence-electron chi connectivity index (χ4n) is 2.75. The number of ether oxygens (including phenoxy) is 2. The Balaban J connectivity index is 2.19. The molecule has 1 unspecified atom stereocenters. The van der Waals surface area contributed by atoms with Crippen LogP contribution < -0.4 is 10.1 Å². The second-order valence-corrected chi connectivity index (χ2v) is 6.09. The Bertz CT molecular complexity index is 497. The number of aryl methyl sites for hydroxylation is 1. The van der Waals surface area contributed by atoms with E-state index in [2.05, 4.69) is 5.32 Å². The number of benzene rings is 1. The highest BCUT2D eigenvalue weighted by molar-refractivity contribution is 5.82. The first-order valence-corrected chi connectivity index (χ1v) is 7.54. The van der Waals surface area contributed by atoms with Crippen molar-refractivity contribution in [3.05, 3.63) is 29.8 Å². The molecule has 4 nitrogen and oxygen atoms in total. The number of nitrogens with one attached hydrogen (secondary N) is 1. The van der Waals surface area contributed by atoms with E-state index in [1.54, 1.807) is 0 Å². The highest BCUT2D eigenvalue weighted by atomic mass is 16.5. The molecule has 1 saturated carbocycles. The number of hydrogen-bond acceptors (Lipinski definition) is 4. The predicted octanol–water partition coefficient (Wildman–Crippen LogP) is 2.69. The first kappa shape index (κ1) is 15.8. The Labute approximate surface area is 126 Å². The molecule has 1 N–H and O–H groups in total. The molecule has 1 aromatic carbocycles. The van der Waals surface area contributed by atoms with Crippen LogP contribution in [-0.2, 0) is 9.53 Å². The molecular formula is C17H25NO3. The van der Waals surface area contributed by atoms with Crippen LogP contribution in [0.25, 0.3) is 0 Å². The number of hydrogen-bond donors (Lipinski definition) is 1. The van der Waals surface area contributed by atoms with Crippen molar-refractivity contribution in [3.8, 4) is 5.75 Å². The smallest absolute Gasteiger partial charge is 0.329 e. The summed E-state index contributed by atoms with van der Waals surface area (Å²) in [7, 11) is 1.44. The molecule has 1 aliphatic carbocycles. The van der Waals surface area contributed by atoms with Crippen molar-refractivity contribution >= 4 is 5.97 Å². The molecule has 2 rings (SSSR count). The minimum atomic E-state index is -0.745. The van der Waals surface area contributed by atoms with E-state index >= 15 is 0 Å². The maximum Gasteiger partial charge on any atom is 0.329 e. The van der Waals surface area contributed by atoms with Crippen LogP contribution in [0.3, 0.4) is 0 Å². The van der Waals surface area contributed by atoms with Crippen molar-refractivity contribution in [1.82, 2.24) is 5.32 Å². The quantitative estimate of drug-likeness (QED) is 0.785. The van der Waals surface area contributed by atoms with Crippen molar-refractivity contribution in [1.29, 1.82) is 0 Å². The van der Waals surface area contributed by atoms with Crippen molar-refractivity contribution in [3.63, 3.8) is 0 Å². The second kappa shape index (κ2) is 6.48. The minimum Gasteiger partial charge on any atom is -0.491 e. The number of carbonyl (C=O) groups excluding carboxylic acids is 1. The van der Waals surface area contributed by atoms with Crippen LogP contribution >= 0.6 is 0 Å². The molecule has 116 valence electrons. The SMILES string of the molecule is COC(=O)C(COc1ccccc1C)(NC(C)C)C1CC1. The molecule has 0 bridgehead atoms. The zero-order valence-corrected chi connectivity index (χ0v) is 13.3. The predicted molar refractivity (Wildman–Crippen MR) is 82.4 cm³/mol. The lowest BCUT2D eigenvalue weighted by molar-refractivity contribution is -0.151. The lowest BCUT2D eigenvalue weighted by Crippen LogP contribution is -2.60. The first-order chi connectivity index (χ1) is 9.99. The third kappa shape index (κ3) is 3.56. The van der Waals surface area contributed by atoms with Crippen LogP contribution in [0.15, 0.2) is 24.3 Å². The first-order valence-electron chi connectivity index (χ1n) is 7.54. The summed E-state index contributed by atoms with van der Waals surface area (Å²) in [5.74, 6) is 0.876. The van der Waals surface area contributed by atoms with Gasteiger partial charge in [0.2, 0.25) is 0 Å². The molecule has 1 atom stereocenters. The average Bonchev–Trinajstić information content (AvgIpc) is 3.28. The van der Waals surface area contributed by atoms with Gasteiger partial charge in [-0.3, -0.25) is 5.32 Å². The van der Waals surface area contributed by atoms with Gasteiger partial charge in [-0.05, 0) is 51.2 Å². The van der Waals surface area contributed by atoms with Crippen molar-refractivity contribution in [2.45, 2.75) is 45.2 Å². The van der Waals surface area contributed by atoms with Crippen LogP contribution in [0.2, 0.25) is 0 Å². The standard InChI is InChI=1S/C17H25NO3/c1-12(2)18-17(14-9-10-14,16(19)20-4)11-21-15-8-6-5-7-13(15)3/h5-8,12,14,18H,9-11H2,1-4H3. The minimum absolute atomic E-state index is 0.185. The van der Waals surface area contributed by atoms with Gasteiger partial charge in [0.15, 0.2) is 5.54 Å². The maximum absolute atomic E-state index is 12.4. The van der Waals surface area contributed by atoms with Crippen molar-refractivity contribution in [2.75, 3.05) is 13.7 Å². The van der Waals surface area contributed by atoms with E-state index < -0.39 is 5.54 Å². The van der Waals surface area contributed by atoms with Gasteiger partial charge >= 0.3 is 5.97 Å². The molecule has 0 saturated heterocycles. The molecule has 1 aliphatic rings. The lowest BCUT2D eigenvalue weighted by Gasteiger charge is -2.34. The van der Waals surface area contributed by atoms with Gasteiger partial charge in [-0.25, -0.2) is 4.79 Å². The Morgan fingerprint density at radius 1 is 1.38 bits per heavy atom. The second-order valence-electron chi connectivity index (χ2n) is 6.09.